The molecule has 0 aliphatic carbocycles. The summed E-state index contributed by atoms with van der Waals surface area (Å²) in [6, 6.07) is 0. The highest BCUT2D eigenvalue weighted by Crippen LogP contribution is 2.19. The zero-order chi connectivity index (χ0) is 10.6. The van der Waals surface area contributed by atoms with Crippen LogP contribution in [0.15, 0.2) is 10.6 Å². The molecule has 2 N–H and O–H groups in total. The highest BCUT2D eigenvalue weighted by molar-refractivity contribution is 5.70. The minimum atomic E-state index is -0.297. The molecule has 1 aromatic rings. The SMILES string of the molecule is COC(=O)CC(CN)c1cnc(C)o1. The Kier molecular flexibility index (Phi) is 3.64. The third kappa shape index (κ3) is 2.56. The van der Waals surface area contributed by atoms with Crippen LogP contribution in [-0.2, 0) is 9.53 Å². The second kappa shape index (κ2) is 4.76. The number of nitrogens with zero attached hydrogens (tertiary/aromatic N) is 1. The van der Waals surface area contributed by atoms with Gasteiger partial charge in [-0.05, 0) is 0 Å². The van der Waals surface area contributed by atoms with Gasteiger partial charge in [-0.3, -0.25) is 4.79 Å². The van der Waals surface area contributed by atoms with E-state index < -0.39 is 0 Å². The van der Waals surface area contributed by atoms with E-state index in [1.54, 1.807) is 13.1 Å². The summed E-state index contributed by atoms with van der Waals surface area (Å²) in [7, 11) is 1.35. The maximum Gasteiger partial charge on any atom is 0.306 e. The number of aromatic nitrogens is 1. The van der Waals surface area contributed by atoms with Crippen LogP contribution in [0.5, 0.6) is 0 Å². The average Bonchev–Trinajstić information content (AvgIpc) is 2.60. The number of esters is 1. The van der Waals surface area contributed by atoms with Gasteiger partial charge in [-0.2, -0.15) is 0 Å². The summed E-state index contributed by atoms with van der Waals surface area (Å²) in [6.07, 6.45) is 1.82. The molecule has 5 heteroatoms. The molecule has 0 fully saturated rings. The van der Waals surface area contributed by atoms with E-state index in [4.69, 9.17) is 10.2 Å². The third-order valence-electron chi connectivity index (χ3n) is 1.97. The number of aryl methyl sites for hydroxylation is 1. The van der Waals surface area contributed by atoms with E-state index in [0.29, 0.717) is 18.2 Å². The van der Waals surface area contributed by atoms with Gasteiger partial charge in [0.25, 0.3) is 0 Å². The fraction of sp³-hybridized carbons (Fsp3) is 0.556. The van der Waals surface area contributed by atoms with Crippen LogP contribution < -0.4 is 5.73 Å². The van der Waals surface area contributed by atoms with Gasteiger partial charge in [0.15, 0.2) is 5.89 Å². The Morgan fingerprint density at radius 1 is 1.79 bits per heavy atom. The molecular formula is C9H14N2O3. The molecule has 0 aliphatic rings. The number of ether oxygens (including phenoxy) is 1. The van der Waals surface area contributed by atoms with Crippen LogP contribution in [0, 0.1) is 6.92 Å². The van der Waals surface area contributed by atoms with Crippen molar-refractivity contribution in [2.24, 2.45) is 5.73 Å². The standard InChI is InChI=1S/C9H14N2O3/c1-6-11-5-8(14-6)7(4-10)3-9(12)13-2/h5,7H,3-4,10H2,1-2H3. The molecular weight excluding hydrogens is 184 g/mol. The van der Waals surface area contributed by atoms with Gasteiger partial charge in [0.1, 0.15) is 5.76 Å². The summed E-state index contributed by atoms with van der Waals surface area (Å²) < 4.78 is 9.84. The van der Waals surface area contributed by atoms with E-state index in [2.05, 4.69) is 9.72 Å². The van der Waals surface area contributed by atoms with Crippen molar-refractivity contribution in [1.82, 2.24) is 4.98 Å². The molecule has 5 nitrogen and oxygen atoms in total. The van der Waals surface area contributed by atoms with Crippen molar-refractivity contribution in [3.8, 4) is 0 Å². The number of hydrogen-bond acceptors (Lipinski definition) is 5. The highest BCUT2D eigenvalue weighted by atomic mass is 16.5. The van der Waals surface area contributed by atoms with Crippen molar-refractivity contribution in [1.29, 1.82) is 0 Å². The van der Waals surface area contributed by atoms with Crippen LogP contribution in [0.1, 0.15) is 24.0 Å². The lowest BCUT2D eigenvalue weighted by atomic mass is 10.0. The summed E-state index contributed by atoms with van der Waals surface area (Å²) in [6.45, 7) is 2.08. The summed E-state index contributed by atoms with van der Waals surface area (Å²) in [5.74, 6) is 0.761. The molecule has 0 radical (unpaired) electrons. The van der Waals surface area contributed by atoms with Crippen LogP contribution in [0.4, 0.5) is 0 Å². The van der Waals surface area contributed by atoms with Gasteiger partial charge in [0.05, 0.1) is 19.7 Å². The molecule has 1 atom stereocenters. The number of nitrogens with two attached hydrogens (primary N) is 1. The predicted molar refractivity (Wildman–Crippen MR) is 49.7 cm³/mol. The zero-order valence-corrected chi connectivity index (χ0v) is 8.32. The van der Waals surface area contributed by atoms with Crippen molar-refractivity contribution >= 4 is 5.97 Å². The Labute approximate surface area is 82.2 Å². The third-order valence-corrected chi connectivity index (χ3v) is 1.97. The van der Waals surface area contributed by atoms with Gasteiger partial charge in [-0.25, -0.2) is 4.98 Å². The highest BCUT2D eigenvalue weighted by Gasteiger charge is 2.18. The van der Waals surface area contributed by atoms with Crippen LogP contribution in [0.2, 0.25) is 0 Å². The number of carbonyl (C=O) groups excluding carboxylic acids is 1. The number of methoxy groups -OCH3 is 1. The maximum absolute atomic E-state index is 11.0. The molecule has 1 heterocycles. The van der Waals surface area contributed by atoms with E-state index in [9.17, 15) is 4.79 Å². The lowest BCUT2D eigenvalue weighted by Crippen LogP contribution is -2.16. The van der Waals surface area contributed by atoms with Crippen molar-refractivity contribution in [3.63, 3.8) is 0 Å². The molecule has 1 rings (SSSR count). The first-order valence-corrected chi connectivity index (χ1v) is 4.36. The second-order valence-corrected chi connectivity index (χ2v) is 2.99. The molecule has 0 aromatic carbocycles. The number of carbonyl (C=O) groups is 1. The van der Waals surface area contributed by atoms with Gasteiger partial charge < -0.3 is 14.9 Å². The van der Waals surface area contributed by atoms with E-state index in [-0.39, 0.29) is 18.3 Å². The Morgan fingerprint density at radius 2 is 2.50 bits per heavy atom. The Hall–Kier alpha value is -1.36. The van der Waals surface area contributed by atoms with E-state index >= 15 is 0 Å². The Bertz CT molecular complexity index is 309. The second-order valence-electron chi connectivity index (χ2n) is 2.99. The van der Waals surface area contributed by atoms with E-state index in [1.807, 2.05) is 0 Å². The molecule has 0 saturated heterocycles. The van der Waals surface area contributed by atoms with Gasteiger partial charge in [-0.15, -0.1) is 0 Å². The summed E-state index contributed by atoms with van der Waals surface area (Å²) >= 11 is 0. The molecule has 0 bridgehead atoms. The van der Waals surface area contributed by atoms with Crippen LogP contribution in [0.25, 0.3) is 0 Å². The summed E-state index contributed by atoms with van der Waals surface area (Å²) in [4.78, 5) is 15.0. The summed E-state index contributed by atoms with van der Waals surface area (Å²) in [5, 5.41) is 0. The minimum Gasteiger partial charge on any atom is -0.469 e. The van der Waals surface area contributed by atoms with Gasteiger partial charge in [-0.1, -0.05) is 0 Å². The lowest BCUT2D eigenvalue weighted by molar-refractivity contribution is -0.141. The lowest BCUT2D eigenvalue weighted by Gasteiger charge is -2.09. The summed E-state index contributed by atoms with van der Waals surface area (Å²) in [5.41, 5.74) is 5.52. The first kappa shape index (κ1) is 10.7. The van der Waals surface area contributed by atoms with Crippen molar-refractivity contribution in [2.75, 3.05) is 13.7 Å². The average molecular weight is 198 g/mol. The van der Waals surface area contributed by atoms with Gasteiger partial charge >= 0.3 is 5.97 Å². The van der Waals surface area contributed by atoms with E-state index in [1.165, 1.54) is 7.11 Å². The first-order valence-electron chi connectivity index (χ1n) is 4.36. The fourth-order valence-corrected chi connectivity index (χ4v) is 1.15. The normalized spacial score (nSPS) is 12.5. The molecule has 1 unspecified atom stereocenters. The molecule has 0 amide bonds. The topological polar surface area (TPSA) is 78.4 Å². The fourth-order valence-electron chi connectivity index (χ4n) is 1.15. The van der Waals surface area contributed by atoms with Crippen molar-refractivity contribution < 1.29 is 13.9 Å². The number of hydrogen-bond donors (Lipinski definition) is 1. The number of oxazole rings is 1. The Morgan fingerprint density at radius 3 is 2.93 bits per heavy atom. The molecule has 0 saturated carbocycles. The van der Waals surface area contributed by atoms with Gasteiger partial charge in [0, 0.05) is 19.4 Å². The molecule has 0 aliphatic heterocycles. The zero-order valence-electron chi connectivity index (χ0n) is 8.32. The number of rotatable bonds is 4. The predicted octanol–water partition coefficient (Wildman–Crippen LogP) is 0.588. The molecule has 0 spiro atoms. The smallest absolute Gasteiger partial charge is 0.306 e. The molecule has 14 heavy (non-hydrogen) atoms. The monoisotopic (exact) mass is 198 g/mol. The quantitative estimate of drug-likeness (QED) is 0.716. The maximum atomic E-state index is 11.0. The largest absolute Gasteiger partial charge is 0.469 e. The van der Waals surface area contributed by atoms with Crippen LogP contribution >= 0.6 is 0 Å². The van der Waals surface area contributed by atoms with Crippen molar-refractivity contribution in [2.45, 2.75) is 19.3 Å². The van der Waals surface area contributed by atoms with Crippen LogP contribution in [-0.4, -0.2) is 24.6 Å². The van der Waals surface area contributed by atoms with Crippen LogP contribution in [0.3, 0.4) is 0 Å². The Balaban J connectivity index is 2.67. The van der Waals surface area contributed by atoms with Crippen molar-refractivity contribution in [3.05, 3.63) is 17.8 Å². The first-order chi connectivity index (χ1) is 6.67. The van der Waals surface area contributed by atoms with E-state index in [0.717, 1.165) is 0 Å². The molecule has 1 aromatic heterocycles. The van der Waals surface area contributed by atoms with Gasteiger partial charge in [0.2, 0.25) is 0 Å². The minimum absolute atomic E-state index is 0.149. The molecule has 78 valence electrons.